The molecule has 11 heteroatoms. The number of rotatable bonds is 6. The molecule has 1 aliphatic heterocycles. The van der Waals surface area contributed by atoms with E-state index in [-0.39, 0.29) is 22.3 Å². The molecular formula is C28H25FN6O3S. The number of anilines is 3. The number of sulfone groups is 1. The van der Waals surface area contributed by atoms with Gasteiger partial charge in [-0.25, -0.2) is 22.8 Å². The van der Waals surface area contributed by atoms with E-state index in [2.05, 4.69) is 10.3 Å². The van der Waals surface area contributed by atoms with Crippen LogP contribution in [0.15, 0.2) is 77.7 Å². The second-order valence-electron chi connectivity index (χ2n) is 9.11. The smallest absolute Gasteiger partial charge is 0.221 e. The van der Waals surface area contributed by atoms with E-state index in [1.165, 1.54) is 37.3 Å². The van der Waals surface area contributed by atoms with Crippen molar-refractivity contribution in [1.82, 2.24) is 9.97 Å². The monoisotopic (exact) mass is 544 g/mol. The van der Waals surface area contributed by atoms with E-state index in [0.717, 1.165) is 0 Å². The van der Waals surface area contributed by atoms with Gasteiger partial charge in [-0.1, -0.05) is 24.3 Å². The van der Waals surface area contributed by atoms with E-state index < -0.39 is 15.1 Å². The van der Waals surface area contributed by atoms with Gasteiger partial charge in [0.1, 0.15) is 11.5 Å². The van der Waals surface area contributed by atoms with Crippen LogP contribution in [0.4, 0.5) is 21.6 Å². The number of fused-ring (bicyclic) bond motifs is 1. The molecule has 1 atom stereocenters. The van der Waals surface area contributed by atoms with Gasteiger partial charge in [0, 0.05) is 38.8 Å². The summed E-state index contributed by atoms with van der Waals surface area (Å²) in [5, 5.41) is 11.1. The van der Waals surface area contributed by atoms with E-state index >= 15 is 0 Å². The highest BCUT2D eigenvalue weighted by molar-refractivity contribution is 7.92. The highest BCUT2D eigenvalue weighted by Crippen LogP contribution is 2.35. The van der Waals surface area contributed by atoms with Gasteiger partial charge in [-0.2, -0.15) is 5.26 Å². The van der Waals surface area contributed by atoms with Crippen LogP contribution in [0.25, 0.3) is 11.0 Å². The van der Waals surface area contributed by atoms with Crippen LogP contribution in [0.2, 0.25) is 0 Å². The number of halogens is 1. The molecule has 1 saturated heterocycles. The van der Waals surface area contributed by atoms with Crippen molar-refractivity contribution in [2.75, 3.05) is 41.3 Å². The van der Waals surface area contributed by atoms with Crippen molar-refractivity contribution >= 4 is 44.0 Å². The fourth-order valence-electron chi connectivity index (χ4n) is 4.63. The van der Waals surface area contributed by atoms with E-state index in [0.29, 0.717) is 54.4 Å². The molecule has 0 radical (unpaired) electrons. The highest BCUT2D eigenvalue weighted by Gasteiger charge is 2.35. The number of hydrogen-bond donors (Lipinski definition) is 1. The molecule has 3 aromatic carbocycles. The first-order chi connectivity index (χ1) is 18.8. The number of para-hydroxylation sites is 3. The largest absolute Gasteiger partial charge is 0.366 e. The lowest BCUT2D eigenvalue weighted by Crippen LogP contribution is -2.47. The first-order valence-corrected chi connectivity index (χ1v) is 13.8. The number of carbonyl (C=O) groups is 1. The number of benzene rings is 3. The Morgan fingerprint density at radius 2 is 1.51 bits per heavy atom. The van der Waals surface area contributed by atoms with E-state index in [1.807, 2.05) is 21.9 Å². The van der Waals surface area contributed by atoms with Crippen LogP contribution >= 0.6 is 0 Å². The van der Waals surface area contributed by atoms with Crippen LogP contribution in [0.1, 0.15) is 17.9 Å². The fraction of sp³-hybridized carbons (Fsp3) is 0.214. The van der Waals surface area contributed by atoms with Crippen molar-refractivity contribution in [1.29, 1.82) is 5.26 Å². The van der Waals surface area contributed by atoms with Gasteiger partial charge in [0.25, 0.3) is 0 Å². The Hall–Kier alpha value is -4.56. The third-order valence-electron chi connectivity index (χ3n) is 6.53. The summed E-state index contributed by atoms with van der Waals surface area (Å²) in [6, 6.07) is 21.2. The van der Waals surface area contributed by atoms with Gasteiger partial charge < -0.3 is 15.1 Å². The number of piperazine rings is 1. The highest BCUT2D eigenvalue weighted by atomic mass is 32.2. The lowest BCUT2D eigenvalue weighted by atomic mass is 10.2. The number of nitriles is 1. The number of carbonyl (C=O) groups excluding carboxylic acids is 1. The van der Waals surface area contributed by atoms with Gasteiger partial charge in [-0.3, -0.25) is 4.79 Å². The topological polar surface area (TPSA) is 119 Å². The normalized spacial score (nSPS) is 14.6. The standard InChI is InChI=1S/C28H25FN6O3S/c1-19(36)31-20-10-12-21(13-11-20)39(37,38)26(18-30)27-28(33-24-8-4-3-7-23(24)32-27)35-16-14-34(15-17-35)25-9-5-2-6-22(25)29/h2-13,26H,14-17H2,1H3,(H,31,36)/t26-/m0/s1. The molecule has 1 aliphatic rings. The van der Waals surface area contributed by atoms with Crippen molar-refractivity contribution < 1.29 is 17.6 Å². The van der Waals surface area contributed by atoms with Crippen LogP contribution in [0, 0.1) is 17.1 Å². The first kappa shape index (κ1) is 26.1. The Bertz CT molecular complexity index is 1680. The molecule has 0 aliphatic carbocycles. The molecule has 9 nitrogen and oxygen atoms in total. The van der Waals surface area contributed by atoms with Crippen molar-refractivity contribution in [3.8, 4) is 6.07 Å². The molecule has 1 amide bonds. The van der Waals surface area contributed by atoms with Crippen LogP contribution < -0.4 is 15.1 Å². The maximum atomic E-state index is 14.4. The van der Waals surface area contributed by atoms with Crippen LogP contribution in [0.5, 0.6) is 0 Å². The molecule has 0 unspecified atom stereocenters. The van der Waals surface area contributed by atoms with Crippen molar-refractivity contribution in [2.24, 2.45) is 0 Å². The predicted molar refractivity (Wildman–Crippen MR) is 147 cm³/mol. The third-order valence-corrected chi connectivity index (χ3v) is 8.41. The average molecular weight is 545 g/mol. The number of nitrogens with zero attached hydrogens (tertiary/aromatic N) is 5. The van der Waals surface area contributed by atoms with Gasteiger partial charge in [-0.05, 0) is 48.5 Å². The van der Waals surface area contributed by atoms with Gasteiger partial charge in [0.2, 0.25) is 15.7 Å². The van der Waals surface area contributed by atoms with Gasteiger partial charge in [0.15, 0.2) is 11.1 Å². The number of nitrogens with one attached hydrogen (secondary N) is 1. The third kappa shape index (κ3) is 5.24. The number of amides is 1. The zero-order valence-electron chi connectivity index (χ0n) is 21.1. The molecule has 0 saturated carbocycles. The van der Waals surface area contributed by atoms with Crippen LogP contribution in [-0.2, 0) is 14.6 Å². The summed E-state index contributed by atoms with van der Waals surface area (Å²) in [5.74, 6) is -0.282. The van der Waals surface area contributed by atoms with Gasteiger partial charge >= 0.3 is 0 Å². The molecule has 2 heterocycles. The summed E-state index contributed by atoms with van der Waals surface area (Å²) in [5.41, 5.74) is 2.02. The SMILES string of the molecule is CC(=O)Nc1ccc(S(=O)(=O)[C@@H](C#N)c2nc3ccccc3nc2N2CCN(c3ccccc3F)CC2)cc1. The minimum atomic E-state index is -4.20. The molecule has 1 aromatic heterocycles. The zero-order chi connectivity index (χ0) is 27.6. The summed E-state index contributed by atoms with van der Waals surface area (Å²) in [7, 11) is -4.20. The minimum absolute atomic E-state index is 0.0430. The Balaban J connectivity index is 1.51. The molecule has 0 bridgehead atoms. The molecule has 39 heavy (non-hydrogen) atoms. The quantitative estimate of drug-likeness (QED) is 0.386. The Labute approximate surface area is 225 Å². The average Bonchev–Trinajstić information content (AvgIpc) is 2.93. The van der Waals surface area contributed by atoms with E-state index in [1.54, 1.807) is 36.4 Å². The molecule has 1 fully saturated rings. The van der Waals surface area contributed by atoms with Crippen LogP contribution in [0.3, 0.4) is 0 Å². The Morgan fingerprint density at radius 1 is 0.923 bits per heavy atom. The second kappa shape index (κ2) is 10.7. The molecule has 1 N–H and O–H groups in total. The second-order valence-corrected chi connectivity index (χ2v) is 11.1. The summed E-state index contributed by atoms with van der Waals surface area (Å²) in [4.78, 5) is 24.4. The minimum Gasteiger partial charge on any atom is -0.366 e. The maximum Gasteiger partial charge on any atom is 0.221 e. The summed E-state index contributed by atoms with van der Waals surface area (Å²) >= 11 is 0. The lowest BCUT2D eigenvalue weighted by Gasteiger charge is -2.37. The van der Waals surface area contributed by atoms with Crippen LogP contribution in [-0.4, -0.2) is 50.5 Å². The maximum absolute atomic E-state index is 14.4. The number of aromatic nitrogens is 2. The summed E-state index contributed by atoms with van der Waals surface area (Å²) in [6.07, 6.45) is 0. The summed E-state index contributed by atoms with van der Waals surface area (Å²) < 4.78 is 41.8. The van der Waals surface area contributed by atoms with Gasteiger partial charge in [0.05, 0.1) is 27.7 Å². The molecule has 5 rings (SSSR count). The molecule has 198 valence electrons. The van der Waals surface area contributed by atoms with Crippen molar-refractivity contribution in [3.05, 3.63) is 84.3 Å². The first-order valence-electron chi connectivity index (χ1n) is 12.3. The predicted octanol–water partition coefficient (Wildman–Crippen LogP) is 4.09. The molecule has 4 aromatic rings. The van der Waals surface area contributed by atoms with Gasteiger partial charge in [-0.15, -0.1) is 0 Å². The molecular weight excluding hydrogens is 519 g/mol. The Morgan fingerprint density at radius 3 is 2.13 bits per heavy atom. The van der Waals surface area contributed by atoms with E-state index in [4.69, 9.17) is 4.98 Å². The fourth-order valence-corrected chi connectivity index (χ4v) is 6.00. The lowest BCUT2D eigenvalue weighted by molar-refractivity contribution is -0.114. The summed E-state index contributed by atoms with van der Waals surface area (Å²) in [6.45, 7) is 3.16. The molecule has 0 spiro atoms. The van der Waals surface area contributed by atoms with Crippen molar-refractivity contribution in [3.63, 3.8) is 0 Å². The van der Waals surface area contributed by atoms with E-state index in [9.17, 15) is 22.9 Å². The Kier molecular flexibility index (Phi) is 7.13. The zero-order valence-corrected chi connectivity index (χ0v) is 21.9. The number of hydrogen-bond acceptors (Lipinski definition) is 8. The van der Waals surface area contributed by atoms with Crippen molar-refractivity contribution in [2.45, 2.75) is 17.1 Å².